The summed E-state index contributed by atoms with van der Waals surface area (Å²) < 4.78 is 0. The molecule has 92 valence electrons. The molecule has 2 aliphatic rings. The molecule has 0 aliphatic heterocycles. The molecule has 2 saturated carbocycles. The molecular formula is C17H24. The molecule has 0 heterocycles. The summed E-state index contributed by atoms with van der Waals surface area (Å²) in [7, 11) is 0. The maximum absolute atomic E-state index is 2.44. The van der Waals surface area contributed by atoms with Crippen molar-refractivity contribution in [3.8, 4) is 0 Å². The molecule has 0 amide bonds. The third-order valence-electron chi connectivity index (χ3n) is 5.15. The molecule has 0 nitrogen and oxygen atoms in total. The lowest BCUT2D eigenvalue weighted by Crippen LogP contribution is -2.29. The molecule has 0 N–H and O–H groups in total. The van der Waals surface area contributed by atoms with Gasteiger partial charge in [-0.3, -0.25) is 0 Å². The van der Waals surface area contributed by atoms with Crippen LogP contribution in [0.3, 0.4) is 0 Å². The molecule has 4 atom stereocenters. The molecule has 1 aromatic carbocycles. The van der Waals surface area contributed by atoms with E-state index in [4.69, 9.17) is 0 Å². The second-order valence-corrected chi connectivity index (χ2v) is 6.36. The lowest BCUT2D eigenvalue weighted by molar-refractivity contribution is 0.124. The lowest BCUT2D eigenvalue weighted by Gasteiger charge is -2.41. The van der Waals surface area contributed by atoms with E-state index in [1.807, 2.05) is 0 Å². The van der Waals surface area contributed by atoms with Crippen LogP contribution in [0.5, 0.6) is 0 Å². The Kier molecular flexibility index (Phi) is 3.22. The van der Waals surface area contributed by atoms with Gasteiger partial charge in [-0.2, -0.15) is 0 Å². The van der Waals surface area contributed by atoms with Crippen LogP contribution in [0.2, 0.25) is 0 Å². The van der Waals surface area contributed by atoms with Crippen LogP contribution < -0.4 is 0 Å². The van der Waals surface area contributed by atoms with Crippen LogP contribution in [-0.2, 0) is 0 Å². The van der Waals surface area contributed by atoms with Crippen LogP contribution in [0.4, 0.5) is 0 Å². The van der Waals surface area contributed by atoms with Crippen molar-refractivity contribution in [1.82, 2.24) is 0 Å². The third-order valence-corrected chi connectivity index (χ3v) is 5.15. The van der Waals surface area contributed by atoms with Gasteiger partial charge >= 0.3 is 0 Å². The van der Waals surface area contributed by atoms with E-state index in [1.165, 1.54) is 38.5 Å². The summed E-state index contributed by atoms with van der Waals surface area (Å²) in [4.78, 5) is 0. The van der Waals surface area contributed by atoms with Crippen molar-refractivity contribution in [2.24, 2.45) is 17.8 Å². The van der Waals surface area contributed by atoms with E-state index >= 15 is 0 Å². The third kappa shape index (κ3) is 2.41. The van der Waals surface area contributed by atoms with Gasteiger partial charge in [-0.25, -0.2) is 0 Å². The Hall–Kier alpha value is -0.780. The van der Waals surface area contributed by atoms with Crippen molar-refractivity contribution in [1.29, 1.82) is 0 Å². The van der Waals surface area contributed by atoms with Gasteiger partial charge in [0.05, 0.1) is 0 Å². The summed E-state index contributed by atoms with van der Waals surface area (Å²) in [5, 5.41) is 0. The van der Waals surface area contributed by atoms with Crippen LogP contribution in [0, 0.1) is 17.8 Å². The standard InChI is InChI=1S/C17H24/c1-13-7-8-17-12-16(10-9-15(17)11-13)14-5-3-2-4-6-14/h2-6,13,15-17H,7-12H2,1H3. The summed E-state index contributed by atoms with van der Waals surface area (Å²) in [6.45, 7) is 2.44. The minimum Gasteiger partial charge on any atom is -0.0625 e. The van der Waals surface area contributed by atoms with Gasteiger partial charge in [0.2, 0.25) is 0 Å². The van der Waals surface area contributed by atoms with Gasteiger partial charge in [0.15, 0.2) is 0 Å². The van der Waals surface area contributed by atoms with Crippen LogP contribution in [-0.4, -0.2) is 0 Å². The summed E-state index contributed by atoms with van der Waals surface area (Å²) in [6.07, 6.45) is 8.85. The highest BCUT2D eigenvalue weighted by molar-refractivity contribution is 5.20. The minimum atomic E-state index is 0.853. The van der Waals surface area contributed by atoms with Crippen LogP contribution in [0.15, 0.2) is 30.3 Å². The topological polar surface area (TPSA) is 0 Å². The SMILES string of the molecule is CC1CCC2CC(c3ccccc3)CCC2C1. The summed E-state index contributed by atoms with van der Waals surface area (Å²) >= 11 is 0. The minimum absolute atomic E-state index is 0.853. The average Bonchev–Trinajstić information content (AvgIpc) is 2.39. The van der Waals surface area contributed by atoms with Gasteiger partial charge in [-0.15, -0.1) is 0 Å². The molecule has 0 spiro atoms. The zero-order chi connectivity index (χ0) is 11.7. The van der Waals surface area contributed by atoms with Gasteiger partial charge in [-0.05, 0) is 61.3 Å². The monoisotopic (exact) mass is 228 g/mol. The van der Waals surface area contributed by atoms with Crippen LogP contribution >= 0.6 is 0 Å². The van der Waals surface area contributed by atoms with Gasteiger partial charge in [0.25, 0.3) is 0 Å². The molecule has 2 aliphatic carbocycles. The first-order chi connectivity index (χ1) is 8.33. The first kappa shape index (κ1) is 11.3. The number of benzene rings is 1. The Morgan fingerprint density at radius 1 is 0.824 bits per heavy atom. The van der Waals surface area contributed by atoms with E-state index in [0.29, 0.717) is 0 Å². The molecule has 4 unspecified atom stereocenters. The largest absolute Gasteiger partial charge is 0.0625 e. The molecule has 2 fully saturated rings. The van der Waals surface area contributed by atoms with E-state index in [0.717, 1.165) is 23.7 Å². The van der Waals surface area contributed by atoms with Gasteiger partial charge in [-0.1, -0.05) is 43.7 Å². The van der Waals surface area contributed by atoms with Crippen molar-refractivity contribution in [3.63, 3.8) is 0 Å². The second-order valence-electron chi connectivity index (χ2n) is 6.36. The van der Waals surface area contributed by atoms with E-state index in [2.05, 4.69) is 37.3 Å². The van der Waals surface area contributed by atoms with Crippen molar-refractivity contribution < 1.29 is 0 Å². The zero-order valence-electron chi connectivity index (χ0n) is 10.9. The summed E-state index contributed by atoms with van der Waals surface area (Å²) in [6, 6.07) is 11.2. The molecule has 17 heavy (non-hydrogen) atoms. The highest BCUT2D eigenvalue weighted by atomic mass is 14.4. The highest BCUT2D eigenvalue weighted by Crippen LogP contribution is 2.47. The maximum Gasteiger partial charge on any atom is -0.0159 e. The van der Waals surface area contributed by atoms with Crippen molar-refractivity contribution in [2.75, 3.05) is 0 Å². The Bertz CT molecular complexity index is 354. The predicted octanol–water partition coefficient (Wildman–Crippen LogP) is 5.01. The Balaban J connectivity index is 1.68. The van der Waals surface area contributed by atoms with Gasteiger partial charge < -0.3 is 0 Å². The smallest absolute Gasteiger partial charge is 0.0159 e. The van der Waals surface area contributed by atoms with Gasteiger partial charge in [0, 0.05) is 0 Å². The zero-order valence-corrected chi connectivity index (χ0v) is 10.9. The number of hydrogen-bond donors (Lipinski definition) is 0. The van der Waals surface area contributed by atoms with E-state index in [1.54, 1.807) is 5.56 Å². The first-order valence-corrected chi connectivity index (χ1v) is 7.38. The van der Waals surface area contributed by atoms with Gasteiger partial charge in [0.1, 0.15) is 0 Å². The second kappa shape index (κ2) is 4.84. The predicted molar refractivity (Wildman–Crippen MR) is 73.0 cm³/mol. The number of rotatable bonds is 1. The maximum atomic E-state index is 2.44. The fourth-order valence-corrected chi connectivity index (χ4v) is 4.15. The quantitative estimate of drug-likeness (QED) is 0.634. The van der Waals surface area contributed by atoms with Crippen molar-refractivity contribution in [3.05, 3.63) is 35.9 Å². The Morgan fingerprint density at radius 2 is 1.53 bits per heavy atom. The Labute approximate surface area is 105 Å². The van der Waals surface area contributed by atoms with Crippen LogP contribution in [0.25, 0.3) is 0 Å². The molecule has 0 aromatic heterocycles. The number of fused-ring (bicyclic) bond motifs is 1. The molecule has 0 heteroatoms. The molecule has 0 bridgehead atoms. The Morgan fingerprint density at radius 3 is 2.35 bits per heavy atom. The molecule has 0 saturated heterocycles. The molecular weight excluding hydrogens is 204 g/mol. The fourth-order valence-electron chi connectivity index (χ4n) is 4.15. The number of hydrogen-bond acceptors (Lipinski definition) is 0. The summed E-state index contributed by atoms with van der Waals surface area (Å²) in [5.74, 6) is 3.93. The van der Waals surface area contributed by atoms with E-state index < -0.39 is 0 Å². The van der Waals surface area contributed by atoms with E-state index in [9.17, 15) is 0 Å². The molecule has 0 radical (unpaired) electrons. The fraction of sp³-hybridized carbons (Fsp3) is 0.647. The average molecular weight is 228 g/mol. The van der Waals surface area contributed by atoms with E-state index in [-0.39, 0.29) is 0 Å². The molecule has 3 rings (SSSR count). The normalized spacial score (nSPS) is 37.5. The van der Waals surface area contributed by atoms with Crippen LogP contribution in [0.1, 0.15) is 56.9 Å². The summed E-state index contributed by atoms with van der Waals surface area (Å²) in [5.41, 5.74) is 1.59. The highest BCUT2D eigenvalue weighted by Gasteiger charge is 2.34. The lowest BCUT2D eigenvalue weighted by atomic mass is 9.64. The first-order valence-electron chi connectivity index (χ1n) is 7.38. The van der Waals surface area contributed by atoms with Crippen molar-refractivity contribution in [2.45, 2.75) is 51.4 Å². The molecule has 1 aromatic rings. The van der Waals surface area contributed by atoms with Crippen molar-refractivity contribution >= 4 is 0 Å².